The minimum atomic E-state index is -4.63. The normalized spacial score (nSPS) is 11.9. The lowest BCUT2D eigenvalue weighted by Gasteiger charge is -2.08. The molecule has 7 nitrogen and oxygen atoms in total. The third kappa shape index (κ3) is 3.93. The lowest BCUT2D eigenvalue weighted by Crippen LogP contribution is -2.22. The summed E-state index contributed by atoms with van der Waals surface area (Å²) in [6.45, 7) is 3.21. The fourth-order valence-corrected chi connectivity index (χ4v) is 3.74. The number of alkyl halides is 3. The second kappa shape index (κ2) is 7.38. The van der Waals surface area contributed by atoms with E-state index in [0.29, 0.717) is 10.2 Å². The van der Waals surface area contributed by atoms with Crippen LogP contribution < -0.4 is 5.56 Å². The number of thiophene rings is 1. The minimum Gasteiger partial charge on any atom is -0.461 e. The zero-order valence-electron chi connectivity index (χ0n) is 15.3. The van der Waals surface area contributed by atoms with Gasteiger partial charge in [0.05, 0.1) is 18.1 Å². The molecular weight excluding hydrogens is 397 g/mol. The van der Waals surface area contributed by atoms with E-state index in [0.717, 1.165) is 21.3 Å². The molecule has 0 aromatic carbocycles. The van der Waals surface area contributed by atoms with Crippen LogP contribution in [0.2, 0.25) is 0 Å². The molecule has 0 bridgehead atoms. The van der Waals surface area contributed by atoms with Crippen LogP contribution in [0.25, 0.3) is 10.2 Å². The largest absolute Gasteiger partial charge is 0.461 e. The van der Waals surface area contributed by atoms with Crippen molar-refractivity contribution < 1.29 is 22.7 Å². The van der Waals surface area contributed by atoms with Crippen molar-refractivity contribution in [2.75, 3.05) is 0 Å². The van der Waals surface area contributed by atoms with E-state index in [9.17, 15) is 22.8 Å². The van der Waals surface area contributed by atoms with Crippen LogP contribution in [-0.4, -0.2) is 25.3 Å². The summed E-state index contributed by atoms with van der Waals surface area (Å²) in [7, 11) is 1.35. The number of hydrogen-bond acceptors (Lipinski definition) is 6. The second-order valence-corrected chi connectivity index (χ2v) is 7.49. The molecule has 11 heteroatoms. The summed E-state index contributed by atoms with van der Waals surface area (Å²) >= 11 is 1.42. The SMILES string of the molecule is Cc1sc2ncn(CCC(=O)OCc3cn(C)nc3C(F)(F)F)c(=O)c2c1C. The van der Waals surface area contributed by atoms with E-state index in [1.807, 2.05) is 13.8 Å². The number of carbonyl (C=O) groups is 1. The predicted octanol–water partition coefficient (Wildman–Crippen LogP) is 2.96. The molecular formula is C17H17F3N4O3S. The number of nitrogens with zero attached hydrogens (tertiary/aromatic N) is 4. The summed E-state index contributed by atoms with van der Waals surface area (Å²) in [5, 5.41) is 3.87. The summed E-state index contributed by atoms with van der Waals surface area (Å²) < 4.78 is 45.9. The molecule has 0 N–H and O–H groups in total. The number of rotatable bonds is 5. The van der Waals surface area contributed by atoms with E-state index in [-0.39, 0.29) is 24.1 Å². The van der Waals surface area contributed by atoms with E-state index in [1.165, 1.54) is 29.3 Å². The molecule has 0 aliphatic heterocycles. The Bertz CT molecular complexity index is 1100. The zero-order valence-corrected chi connectivity index (χ0v) is 16.1. The van der Waals surface area contributed by atoms with Gasteiger partial charge in [0.2, 0.25) is 0 Å². The van der Waals surface area contributed by atoms with Gasteiger partial charge >= 0.3 is 12.1 Å². The highest BCUT2D eigenvalue weighted by Crippen LogP contribution is 2.31. The van der Waals surface area contributed by atoms with Gasteiger partial charge in [0.25, 0.3) is 5.56 Å². The molecule has 0 saturated carbocycles. The van der Waals surface area contributed by atoms with Gasteiger partial charge < -0.3 is 4.74 Å². The fraction of sp³-hybridized carbons (Fsp3) is 0.412. The van der Waals surface area contributed by atoms with E-state index >= 15 is 0 Å². The van der Waals surface area contributed by atoms with Gasteiger partial charge in [-0.2, -0.15) is 18.3 Å². The first kappa shape index (κ1) is 20.1. The van der Waals surface area contributed by atoms with Crippen molar-refractivity contribution >= 4 is 27.5 Å². The van der Waals surface area contributed by atoms with E-state index < -0.39 is 24.4 Å². The summed E-state index contributed by atoms with van der Waals surface area (Å²) in [6.07, 6.45) is -2.29. The zero-order chi connectivity index (χ0) is 20.6. The van der Waals surface area contributed by atoms with Crippen molar-refractivity contribution in [2.24, 2.45) is 7.05 Å². The molecule has 0 aliphatic carbocycles. The minimum absolute atomic E-state index is 0.0219. The average molecular weight is 414 g/mol. The van der Waals surface area contributed by atoms with Crippen molar-refractivity contribution in [3.8, 4) is 0 Å². The van der Waals surface area contributed by atoms with Crippen molar-refractivity contribution in [1.29, 1.82) is 0 Å². The summed E-state index contributed by atoms with van der Waals surface area (Å²) in [5.41, 5.74) is -0.720. The Balaban J connectivity index is 1.66. The molecule has 3 aromatic rings. The van der Waals surface area contributed by atoms with Gasteiger partial charge in [-0.3, -0.25) is 18.8 Å². The van der Waals surface area contributed by atoms with Crippen LogP contribution >= 0.6 is 11.3 Å². The monoisotopic (exact) mass is 414 g/mol. The quantitative estimate of drug-likeness (QED) is 0.600. The topological polar surface area (TPSA) is 79.0 Å². The average Bonchev–Trinajstić information content (AvgIpc) is 3.12. The highest BCUT2D eigenvalue weighted by Gasteiger charge is 2.37. The van der Waals surface area contributed by atoms with Crippen LogP contribution in [0.1, 0.15) is 28.1 Å². The number of esters is 1. The molecule has 0 saturated heterocycles. The van der Waals surface area contributed by atoms with Crippen molar-refractivity contribution in [3.63, 3.8) is 0 Å². The Hall–Kier alpha value is -2.69. The van der Waals surface area contributed by atoms with E-state index in [1.54, 1.807) is 0 Å². The number of ether oxygens (including phenoxy) is 1. The third-order valence-corrected chi connectivity index (χ3v) is 5.39. The Labute approximate surface area is 161 Å². The Morgan fingerprint density at radius 2 is 2.04 bits per heavy atom. The Morgan fingerprint density at radius 1 is 1.32 bits per heavy atom. The van der Waals surface area contributed by atoms with Gasteiger partial charge in [-0.15, -0.1) is 11.3 Å². The van der Waals surface area contributed by atoms with Gasteiger partial charge in [-0.1, -0.05) is 0 Å². The molecule has 0 aliphatic rings. The molecule has 0 atom stereocenters. The van der Waals surface area contributed by atoms with E-state index in [2.05, 4.69) is 10.1 Å². The molecule has 150 valence electrons. The molecule has 0 spiro atoms. The maximum absolute atomic E-state index is 12.9. The van der Waals surface area contributed by atoms with Crippen LogP contribution in [0.5, 0.6) is 0 Å². The first-order chi connectivity index (χ1) is 13.1. The maximum Gasteiger partial charge on any atom is 0.435 e. The molecule has 3 aromatic heterocycles. The summed E-state index contributed by atoms with van der Waals surface area (Å²) in [6, 6.07) is 0. The maximum atomic E-state index is 12.9. The van der Waals surface area contributed by atoms with E-state index in [4.69, 9.17) is 4.74 Å². The number of hydrogen-bond donors (Lipinski definition) is 0. The number of fused-ring (bicyclic) bond motifs is 1. The third-order valence-electron chi connectivity index (χ3n) is 4.27. The smallest absolute Gasteiger partial charge is 0.435 e. The summed E-state index contributed by atoms with van der Waals surface area (Å²) in [4.78, 5) is 30.4. The summed E-state index contributed by atoms with van der Waals surface area (Å²) in [5.74, 6) is -0.720. The van der Waals surface area contributed by atoms with Gasteiger partial charge in [-0.05, 0) is 19.4 Å². The molecule has 0 amide bonds. The fourth-order valence-electron chi connectivity index (χ4n) is 2.75. The number of halogens is 3. The lowest BCUT2D eigenvalue weighted by atomic mass is 10.2. The van der Waals surface area contributed by atoms with Gasteiger partial charge in [0.1, 0.15) is 11.4 Å². The lowest BCUT2D eigenvalue weighted by molar-refractivity contribution is -0.149. The standard InChI is InChI=1S/C17H17F3N4O3S/c1-9-10(2)28-15-13(9)16(26)24(8-21-15)5-4-12(25)27-7-11-6-23(3)22-14(11)17(18,19)20/h6,8H,4-5,7H2,1-3H3. The van der Waals surface area contributed by atoms with Crippen molar-refractivity contribution in [2.45, 2.75) is 39.6 Å². The van der Waals surface area contributed by atoms with Crippen LogP contribution in [0.4, 0.5) is 13.2 Å². The van der Waals surface area contributed by atoms with Gasteiger partial charge in [0, 0.05) is 30.2 Å². The first-order valence-electron chi connectivity index (χ1n) is 8.28. The second-order valence-electron chi connectivity index (χ2n) is 6.29. The Kier molecular flexibility index (Phi) is 5.28. The Morgan fingerprint density at radius 3 is 2.71 bits per heavy atom. The van der Waals surface area contributed by atoms with Crippen LogP contribution in [0.15, 0.2) is 17.3 Å². The number of aryl methyl sites for hydroxylation is 4. The van der Waals surface area contributed by atoms with Crippen LogP contribution in [0.3, 0.4) is 0 Å². The molecule has 28 heavy (non-hydrogen) atoms. The number of aromatic nitrogens is 4. The van der Waals surface area contributed by atoms with Crippen LogP contribution in [0, 0.1) is 13.8 Å². The van der Waals surface area contributed by atoms with Crippen molar-refractivity contribution in [3.05, 3.63) is 44.6 Å². The predicted molar refractivity (Wildman–Crippen MR) is 96.0 cm³/mol. The highest BCUT2D eigenvalue weighted by molar-refractivity contribution is 7.18. The van der Waals surface area contributed by atoms with Gasteiger partial charge in [-0.25, -0.2) is 4.98 Å². The molecule has 0 unspecified atom stereocenters. The molecule has 0 radical (unpaired) electrons. The van der Waals surface area contributed by atoms with Gasteiger partial charge in [0.15, 0.2) is 5.69 Å². The molecule has 0 fully saturated rings. The number of carbonyl (C=O) groups excluding carboxylic acids is 1. The molecule has 3 rings (SSSR count). The van der Waals surface area contributed by atoms with Crippen molar-refractivity contribution in [1.82, 2.24) is 19.3 Å². The highest BCUT2D eigenvalue weighted by atomic mass is 32.1. The van der Waals surface area contributed by atoms with Crippen LogP contribution in [-0.2, 0) is 35.9 Å². The molecule has 3 heterocycles. The first-order valence-corrected chi connectivity index (χ1v) is 9.10.